The maximum atomic E-state index is 12.7. The van der Waals surface area contributed by atoms with Gasteiger partial charge in [0.05, 0.1) is 0 Å². The van der Waals surface area contributed by atoms with E-state index < -0.39 is 30.9 Å². The molecule has 0 aliphatic carbocycles. The van der Waals surface area contributed by atoms with Crippen molar-refractivity contribution in [2.24, 2.45) is 0 Å². The fourth-order valence-corrected chi connectivity index (χ4v) is 10.4. The first-order valence-electron chi connectivity index (χ1n) is 9.09. The molecule has 28 heavy (non-hydrogen) atoms. The quantitative estimate of drug-likeness (QED) is 0.550. The van der Waals surface area contributed by atoms with Gasteiger partial charge in [-0.15, -0.1) is 0 Å². The predicted molar refractivity (Wildman–Crippen MR) is 106 cm³/mol. The molecule has 0 N–H and O–H groups in total. The van der Waals surface area contributed by atoms with E-state index in [-0.39, 0.29) is 0 Å². The molecule has 3 rings (SSSR count). The molecule has 6 nitrogen and oxygen atoms in total. The second kappa shape index (κ2) is 9.31. The summed E-state index contributed by atoms with van der Waals surface area (Å²) in [5, 5.41) is 0. The van der Waals surface area contributed by atoms with Crippen LogP contribution in [0.5, 0.6) is 11.5 Å². The van der Waals surface area contributed by atoms with Gasteiger partial charge in [-0.1, -0.05) is 0 Å². The molecule has 0 radical (unpaired) electrons. The number of methoxy groups -OCH3 is 2. The average Bonchev–Trinajstić information content (AvgIpc) is 2.74. The number of ether oxygens (including phenoxy) is 2. The van der Waals surface area contributed by atoms with Crippen LogP contribution in [0.1, 0.15) is 40.0 Å². The molecule has 1 fully saturated rings. The number of hydrogen-bond donors (Lipinski definition) is 0. The van der Waals surface area contributed by atoms with Gasteiger partial charge in [-0.2, -0.15) is 0 Å². The zero-order valence-corrected chi connectivity index (χ0v) is 18.3. The van der Waals surface area contributed by atoms with Crippen LogP contribution >= 0.6 is 0 Å². The first-order valence-corrected chi connectivity index (χ1v) is 14.3. The average molecular weight is 500 g/mol. The van der Waals surface area contributed by atoms with Crippen LogP contribution < -0.4 is 9.47 Å². The molecule has 1 heterocycles. The molecule has 0 bridgehead atoms. The number of carbonyl (C=O) groups excluding carboxylic acids is 2. The summed E-state index contributed by atoms with van der Waals surface area (Å²) < 4.78 is 23.4. The number of benzene rings is 2. The molecule has 1 saturated heterocycles. The molecular formula is C21H24O6Te. The van der Waals surface area contributed by atoms with Gasteiger partial charge in [0.2, 0.25) is 0 Å². The Kier molecular flexibility index (Phi) is 6.82. The summed E-state index contributed by atoms with van der Waals surface area (Å²) in [6.45, 7) is 0. The molecule has 0 amide bonds. The van der Waals surface area contributed by atoms with E-state index in [1.807, 2.05) is 0 Å². The summed E-state index contributed by atoms with van der Waals surface area (Å²) in [5.74, 6) is 0.454. The van der Waals surface area contributed by atoms with Crippen molar-refractivity contribution in [1.29, 1.82) is 0 Å². The molecular weight excluding hydrogens is 476 g/mol. The van der Waals surface area contributed by atoms with E-state index in [0.717, 1.165) is 19.3 Å². The minimum atomic E-state index is -3.62. The van der Waals surface area contributed by atoms with Gasteiger partial charge >= 0.3 is 170 Å². The Balaban J connectivity index is 1.75. The summed E-state index contributed by atoms with van der Waals surface area (Å²) >= 11 is -3.62. The third-order valence-corrected chi connectivity index (χ3v) is 12.3. The van der Waals surface area contributed by atoms with Gasteiger partial charge in [-0.05, 0) is 0 Å². The third kappa shape index (κ3) is 4.98. The zero-order valence-electron chi connectivity index (χ0n) is 16.0. The summed E-state index contributed by atoms with van der Waals surface area (Å²) in [7, 11) is 3.14. The van der Waals surface area contributed by atoms with Crippen molar-refractivity contribution in [1.82, 2.24) is 0 Å². The Labute approximate surface area is 169 Å². The zero-order chi connectivity index (χ0) is 20.0. The van der Waals surface area contributed by atoms with Crippen molar-refractivity contribution in [2.75, 3.05) is 14.2 Å². The van der Waals surface area contributed by atoms with Crippen molar-refractivity contribution in [3.63, 3.8) is 0 Å². The Morgan fingerprint density at radius 3 is 1.43 bits per heavy atom. The van der Waals surface area contributed by atoms with Gasteiger partial charge < -0.3 is 0 Å². The molecule has 1 aliphatic rings. The van der Waals surface area contributed by atoms with E-state index in [1.165, 1.54) is 0 Å². The number of hydrogen-bond acceptors (Lipinski definition) is 6. The van der Waals surface area contributed by atoms with Crippen molar-refractivity contribution in [3.8, 4) is 11.5 Å². The fraction of sp³-hybridized carbons (Fsp3) is 0.333. The van der Waals surface area contributed by atoms with Crippen LogP contribution in [-0.2, 0) is 6.20 Å². The van der Waals surface area contributed by atoms with Crippen LogP contribution in [0.4, 0.5) is 0 Å². The van der Waals surface area contributed by atoms with Crippen LogP contribution in [0, 0.1) is 0 Å². The summed E-state index contributed by atoms with van der Waals surface area (Å²) in [6, 6.07) is 13.5. The molecule has 1 aliphatic heterocycles. The van der Waals surface area contributed by atoms with E-state index in [0.29, 0.717) is 31.6 Å². The standard InChI is InChI=1S/C21H24O6Te/c1-24-18-10-6-16(7-11-18)20(22)26-28(14-4-3-5-15-28)27-21(23)17-8-12-19(25-2)13-9-17/h6-13H,3-5,14-15H2,1-2H3. The van der Waals surface area contributed by atoms with Crippen LogP contribution in [0.2, 0.25) is 8.94 Å². The van der Waals surface area contributed by atoms with E-state index in [9.17, 15) is 9.59 Å². The van der Waals surface area contributed by atoms with Crippen molar-refractivity contribution in [2.45, 2.75) is 28.2 Å². The Morgan fingerprint density at radius 1 is 0.679 bits per heavy atom. The molecule has 2 aromatic carbocycles. The van der Waals surface area contributed by atoms with Crippen LogP contribution in [0.3, 0.4) is 0 Å². The van der Waals surface area contributed by atoms with Crippen molar-refractivity contribution < 1.29 is 25.3 Å². The first-order chi connectivity index (χ1) is 13.5. The molecule has 0 unspecified atom stereocenters. The fourth-order valence-electron chi connectivity index (χ4n) is 2.93. The van der Waals surface area contributed by atoms with Gasteiger partial charge in [0.1, 0.15) is 0 Å². The summed E-state index contributed by atoms with van der Waals surface area (Å²) in [6.07, 6.45) is 2.88. The van der Waals surface area contributed by atoms with Gasteiger partial charge in [0.15, 0.2) is 0 Å². The second-order valence-corrected chi connectivity index (χ2v) is 13.9. The maximum absolute atomic E-state index is 12.7. The van der Waals surface area contributed by atoms with Gasteiger partial charge in [0, 0.05) is 0 Å². The molecule has 2 aromatic rings. The molecule has 0 aromatic heterocycles. The predicted octanol–water partition coefficient (Wildman–Crippen LogP) is 4.34. The van der Waals surface area contributed by atoms with Crippen LogP contribution in [-0.4, -0.2) is 45.2 Å². The molecule has 0 spiro atoms. The molecule has 150 valence electrons. The summed E-state index contributed by atoms with van der Waals surface area (Å²) in [5.41, 5.74) is 0.857. The Hall–Kier alpha value is -2.23. The Bertz CT molecular complexity index is 746. The van der Waals surface area contributed by atoms with Gasteiger partial charge in [0.25, 0.3) is 0 Å². The van der Waals surface area contributed by atoms with E-state index in [2.05, 4.69) is 0 Å². The van der Waals surface area contributed by atoms with Crippen molar-refractivity contribution >= 4 is 30.9 Å². The number of rotatable bonds is 6. The van der Waals surface area contributed by atoms with Crippen LogP contribution in [0.25, 0.3) is 0 Å². The van der Waals surface area contributed by atoms with Gasteiger partial charge in [-0.3, -0.25) is 0 Å². The van der Waals surface area contributed by atoms with Gasteiger partial charge in [-0.25, -0.2) is 0 Å². The topological polar surface area (TPSA) is 71.1 Å². The minimum absolute atomic E-state index is 0.428. The first kappa shape index (κ1) is 20.5. The van der Waals surface area contributed by atoms with Crippen LogP contribution in [0.15, 0.2) is 48.5 Å². The van der Waals surface area contributed by atoms with E-state index >= 15 is 0 Å². The Morgan fingerprint density at radius 2 is 1.07 bits per heavy atom. The third-order valence-electron chi connectivity index (χ3n) is 4.52. The van der Waals surface area contributed by atoms with E-state index in [1.54, 1.807) is 62.8 Å². The van der Waals surface area contributed by atoms with Crippen molar-refractivity contribution in [3.05, 3.63) is 59.7 Å². The molecule has 0 atom stereocenters. The monoisotopic (exact) mass is 502 g/mol. The summed E-state index contributed by atoms with van der Waals surface area (Å²) in [4.78, 5) is 25.4. The second-order valence-electron chi connectivity index (χ2n) is 6.41. The normalized spacial score (nSPS) is 16.5. The van der Waals surface area contributed by atoms with E-state index in [4.69, 9.17) is 15.7 Å². The molecule has 7 heteroatoms. The molecule has 0 saturated carbocycles. The number of carbonyl (C=O) groups is 2. The SMILES string of the molecule is COc1ccc(C(=O)O[Te]2(OC(=O)c3ccc(OC)cc3)CCCCC2)cc1.